The minimum atomic E-state index is 0.477. The van der Waals surface area contributed by atoms with Gasteiger partial charge in [-0.25, -0.2) is 4.68 Å². The first-order valence-corrected chi connectivity index (χ1v) is 8.44. The van der Waals surface area contributed by atoms with Crippen molar-refractivity contribution in [3.63, 3.8) is 0 Å². The lowest BCUT2D eigenvalue weighted by Crippen LogP contribution is -2.29. The van der Waals surface area contributed by atoms with Crippen molar-refractivity contribution in [1.82, 2.24) is 9.78 Å². The highest BCUT2D eigenvalue weighted by Gasteiger charge is 2.33. The van der Waals surface area contributed by atoms with E-state index in [1.54, 1.807) is 0 Å². The molecule has 0 unspecified atom stereocenters. The van der Waals surface area contributed by atoms with Gasteiger partial charge in [-0.2, -0.15) is 5.10 Å². The first kappa shape index (κ1) is 15.1. The molecule has 0 aromatic carbocycles. The molecule has 1 aliphatic rings. The van der Waals surface area contributed by atoms with Gasteiger partial charge >= 0.3 is 0 Å². The highest BCUT2D eigenvalue weighted by molar-refractivity contribution is 14.1. The lowest BCUT2D eigenvalue weighted by molar-refractivity contribution is 0.127. The standard InChI is InChI=1S/C15H26IN3/c1-5-15(3,4)11-6-8-12(9-7-11)19-14(17)13(16)10(2)18-19/h11-12H,5-9,17H2,1-4H3. The molecule has 1 fully saturated rings. The zero-order valence-electron chi connectivity index (χ0n) is 12.5. The normalized spacial score (nSPS) is 24.7. The van der Waals surface area contributed by atoms with E-state index >= 15 is 0 Å². The number of anilines is 1. The summed E-state index contributed by atoms with van der Waals surface area (Å²) in [6.45, 7) is 9.17. The van der Waals surface area contributed by atoms with E-state index in [9.17, 15) is 0 Å². The van der Waals surface area contributed by atoms with Gasteiger partial charge in [-0.05, 0) is 66.5 Å². The predicted molar refractivity (Wildman–Crippen MR) is 89.2 cm³/mol. The molecule has 2 rings (SSSR count). The van der Waals surface area contributed by atoms with Crippen molar-refractivity contribution < 1.29 is 0 Å². The van der Waals surface area contributed by atoms with E-state index in [1.807, 2.05) is 6.92 Å². The van der Waals surface area contributed by atoms with Gasteiger partial charge in [0.25, 0.3) is 0 Å². The van der Waals surface area contributed by atoms with Crippen LogP contribution in [0.1, 0.15) is 64.6 Å². The Morgan fingerprint density at radius 2 is 1.89 bits per heavy atom. The second-order valence-electron chi connectivity index (χ2n) is 6.58. The Bertz CT molecular complexity index is 442. The van der Waals surface area contributed by atoms with Gasteiger partial charge in [0.15, 0.2) is 0 Å². The van der Waals surface area contributed by atoms with Crippen LogP contribution >= 0.6 is 22.6 Å². The number of aromatic nitrogens is 2. The van der Waals surface area contributed by atoms with Crippen LogP contribution in [0.4, 0.5) is 5.82 Å². The summed E-state index contributed by atoms with van der Waals surface area (Å²) in [5.74, 6) is 1.71. The maximum atomic E-state index is 6.17. The summed E-state index contributed by atoms with van der Waals surface area (Å²) in [6, 6.07) is 0.506. The molecule has 1 aliphatic carbocycles. The molecular formula is C15H26IN3. The molecule has 0 bridgehead atoms. The summed E-state index contributed by atoms with van der Waals surface area (Å²) in [5.41, 5.74) is 7.71. The monoisotopic (exact) mass is 375 g/mol. The summed E-state index contributed by atoms with van der Waals surface area (Å²) in [7, 11) is 0. The second-order valence-corrected chi connectivity index (χ2v) is 7.66. The van der Waals surface area contributed by atoms with Gasteiger partial charge in [0.05, 0.1) is 15.3 Å². The molecule has 4 heteroatoms. The summed E-state index contributed by atoms with van der Waals surface area (Å²) >= 11 is 2.30. The number of nitrogen functional groups attached to an aromatic ring is 1. The fourth-order valence-corrected chi connectivity index (χ4v) is 3.57. The Kier molecular flexibility index (Phi) is 4.48. The molecule has 0 atom stereocenters. The molecule has 0 saturated heterocycles. The van der Waals surface area contributed by atoms with E-state index in [0.29, 0.717) is 11.5 Å². The summed E-state index contributed by atoms with van der Waals surface area (Å²) in [6.07, 6.45) is 6.31. The average Bonchev–Trinajstić information content (AvgIpc) is 2.67. The Labute approximate surface area is 130 Å². The van der Waals surface area contributed by atoms with Crippen LogP contribution in [-0.4, -0.2) is 9.78 Å². The number of nitrogens with zero attached hydrogens (tertiary/aromatic N) is 2. The van der Waals surface area contributed by atoms with Crippen LogP contribution in [0.5, 0.6) is 0 Å². The van der Waals surface area contributed by atoms with E-state index in [4.69, 9.17) is 5.73 Å². The van der Waals surface area contributed by atoms with Crippen molar-refractivity contribution in [3.05, 3.63) is 9.26 Å². The van der Waals surface area contributed by atoms with Gasteiger partial charge in [0, 0.05) is 0 Å². The van der Waals surface area contributed by atoms with Crippen LogP contribution in [0.15, 0.2) is 0 Å². The molecule has 19 heavy (non-hydrogen) atoms. The van der Waals surface area contributed by atoms with E-state index in [0.717, 1.165) is 21.0 Å². The van der Waals surface area contributed by atoms with Crippen LogP contribution in [0, 0.1) is 21.8 Å². The largest absolute Gasteiger partial charge is 0.383 e. The maximum absolute atomic E-state index is 6.17. The molecule has 0 amide bonds. The fraction of sp³-hybridized carbons (Fsp3) is 0.800. The van der Waals surface area contributed by atoms with Gasteiger partial charge in [-0.1, -0.05) is 27.2 Å². The lowest BCUT2D eigenvalue weighted by atomic mass is 9.69. The molecule has 1 saturated carbocycles. The van der Waals surface area contributed by atoms with Crippen LogP contribution < -0.4 is 5.73 Å². The molecule has 1 aromatic heterocycles. The van der Waals surface area contributed by atoms with E-state index < -0.39 is 0 Å². The molecule has 1 aromatic rings. The molecule has 1 heterocycles. The molecular weight excluding hydrogens is 349 g/mol. The Hall–Kier alpha value is -0.260. The highest BCUT2D eigenvalue weighted by Crippen LogP contribution is 2.43. The highest BCUT2D eigenvalue weighted by atomic mass is 127. The van der Waals surface area contributed by atoms with E-state index in [-0.39, 0.29) is 0 Å². The second kappa shape index (κ2) is 5.62. The first-order valence-electron chi connectivity index (χ1n) is 7.37. The SMILES string of the molecule is CCC(C)(C)C1CCC(n2nc(C)c(I)c2N)CC1. The van der Waals surface area contributed by atoms with Crippen molar-refractivity contribution >= 4 is 28.4 Å². The van der Waals surface area contributed by atoms with Crippen LogP contribution in [0.25, 0.3) is 0 Å². The van der Waals surface area contributed by atoms with Gasteiger partial charge in [0.2, 0.25) is 0 Å². The number of halogens is 1. The fourth-order valence-electron chi connectivity index (χ4n) is 3.21. The van der Waals surface area contributed by atoms with Gasteiger partial charge in [-0.15, -0.1) is 0 Å². The third-order valence-electron chi connectivity index (χ3n) is 5.11. The maximum Gasteiger partial charge on any atom is 0.135 e. The zero-order valence-corrected chi connectivity index (χ0v) is 14.7. The van der Waals surface area contributed by atoms with Crippen LogP contribution in [-0.2, 0) is 0 Å². The summed E-state index contributed by atoms with van der Waals surface area (Å²) in [5, 5.41) is 4.62. The van der Waals surface area contributed by atoms with Crippen molar-refractivity contribution in [1.29, 1.82) is 0 Å². The predicted octanol–water partition coefficient (Wildman–Crippen LogP) is 4.55. The van der Waals surface area contributed by atoms with Gasteiger partial charge in [0.1, 0.15) is 5.82 Å². The quantitative estimate of drug-likeness (QED) is 0.788. The topological polar surface area (TPSA) is 43.8 Å². The van der Waals surface area contributed by atoms with Gasteiger partial charge in [-0.3, -0.25) is 0 Å². The van der Waals surface area contributed by atoms with Gasteiger partial charge < -0.3 is 5.73 Å². The number of rotatable bonds is 3. The Balaban J connectivity index is 2.06. The van der Waals surface area contributed by atoms with E-state index in [1.165, 1.54) is 32.1 Å². The smallest absolute Gasteiger partial charge is 0.135 e. The van der Waals surface area contributed by atoms with Crippen LogP contribution in [0.2, 0.25) is 0 Å². The number of hydrogen-bond acceptors (Lipinski definition) is 2. The zero-order chi connectivity index (χ0) is 14.2. The van der Waals surface area contributed by atoms with Crippen molar-refractivity contribution in [2.45, 2.75) is 65.8 Å². The Morgan fingerprint density at radius 1 is 1.32 bits per heavy atom. The number of nitrogens with two attached hydrogens (primary N) is 1. The van der Waals surface area contributed by atoms with Crippen molar-refractivity contribution in [2.24, 2.45) is 11.3 Å². The van der Waals surface area contributed by atoms with Crippen molar-refractivity contribution in [3.8, 4) is 0 Å². The minimum Gasteiger partial charge on any atom is -0.383 e. The third-order valence-corrected chi connectivity index (χ3v) is 6.44. The Morgan fingerprint density at radius 3 is 2.32 bits per heavy atom. The molecule has 0 radical (unpaired) electrons. The molecule has 3 nitrogen and oxygen atoms in total. The number of hydrogen-bond donors (Lipinski definition) is 1. The summed E-state index contributed by atoms with van der Waals surface area (Å²) in [4.78, 5) is 0. The average molecular weight is 375 g/mol. The van der Waals surface area contributed by atoms with Crippen molar-refractivity contribution in [2.75, 3.05) is 5.73 Å². The molecule has 0 spiro atoms. The van der Waals surface area contributed by atoms with Crippen LogP contribution in [0.3, 0.4) is 0 Å². The third kappa shape index (κ3) is 2.93. The lowest BCUT2D eigenvalue weighted by Gasteiger charge is -2.39. The minimum absolute atomic E-state index is 0.477. The molecule has 2 N–H and O–H groups in total. The first-order chi connectivity index (χ1) is 8.86. The molecule has 0 aliphatic heterocycles. The summed E-state index contributed by atoms with van der Waals surface area (Å²) < 4.78 is 3.19. The van der Waals surface area contributed by atoms with E-state index in [2.05, 4.69) is 53.1 Å². The number of aryl methyl sites for hydroxylation is 1. The molecule has 108 valence electrons.